The SMILES string of the molecule is CCNCCNS(=O)(=O)Cc1ccc([N+](=O)[O-])cc1.Cl. The molecule has 0 radical (unpaired) electrons. The van der Waals surface area contributed by atoms with Gasteiger partial charge in [0.1, 0.15) is 0 Å². The van der Waals surface area contributed by atoms with Gasteiger partial charge in [-0.2, -0.15) is 0 Å². The fourth-order valence-electron chi connectivity index (χ4n) is 1.46. The average Bonchev–Trinajstić information content (AvgIpc) is 2.35. The Morgan fingerprint density at radius 1 is 1.20 bits per heavy atom. The quantitative estimate of drug-likeness (QED) is 0.423. The van der Waals surface area contributed by atoms with E-state index in [2.05, 4.69) is 10.0 Å². The molecule has 0 bridgehead atoms. The molecule has 9 heteroatoms. The van der Waals surface area contributed by atoms with Gasteiger partial charge in [-0.25, -0.2) is 13.1 Å². The predicted molar refractivity (Wildman–Crippen MR) is 79.5 cm³/mol. The molecule has 1 rings (SSSR count). The second kappa shape index (κ2) is 8.85. The standard InChI is InChI=1S/C11H17N3O4S.ClH/c1-2-12-7-8-13-19(17,18)9-10-3-5-11(6-4-10)14(15)16;/h3-6,12-13H,2,7-9H2,1H3;1H. The molecule has 0 aliphatic heterocycles. The van der Waals surface area contributed by atoms with Gasteiger partial charge in [0, 0.05) is 25.2 Å². The zero-order chi connectivity index (χ0) is 14.3. The molecule has 0 heterocycles. The number of sulfonamides is 1. The van der Waals surface area contributed by atoms with Crippen molar-refractivity contribution in [1.29, 1.82) is 0 Å². The molecule has 0 atom stereocenters. The lowest BCUT2D eigenvalue weighted by Crippen LogP contribution is -2.32. The normalized spacial score (nSPS) is 10.8. The third-order valence-corrected chi connectivity index (χ3v) is 3.73. The third kappa shape index (κ3) is 6.80. The lowest BCUT2D eigenvalue weighted by Gasteiger charge is -2.07. The van der Waals surface area contributed by atoms with Crippen molar-refractivity contribution in [2.75, 3.05) is 19.6 Å². The Morgan fingerprint density at radius 2 is 1.80 bits per heavy atom. The first kappa shape index (κ1) is 18.8. The van der Waals surface area contributed by atoms with Gasteiger partial charge < -0.3 is 5.32 Å². The van der Waals surface area contributed by atoms with Gasteiger partial charge >= 0.3 is 0 Å². The Hall–Kier alpha value is -1.22. The first-order chi connectivity index (χ1) is 8.94. The van der Waals surface area contributed by atoms with Crippen LogP contribution in [0.25, 0.3) is 0 Å². The highest BCUT2D eigenvalue weighted by molar-refractivity contribution is 7.88. The zero-order valence-corrected chi connectivity index (χ0v) is 12.7. The van der Waals surface area contributed by atoms with Crippen LogP contribution in [-0.4, -0.2) is 33.0 Å². The van der Waals surface area contributed by atoms with Crippen molar-refractivity contribution in [1.82, 2.24) is 10.0 Å². The number of nitrogens with one attached hydrogen (secondary N) is 2. The fourth-order valence-corrected chi connectivity index (χ4v) is 2.60. The first-order valence-corrected chi connectivity index (χ1v) is 7.51. The van der Waals surface area contributed by atoms with Crippen LogP contribution in [0.3, 0.4) is 0 Å². The van der Waals surface area contributed by atoms with Gasteiger partial charge in [-0.1, -0.05) is 19.1 Å². The molecule has 0 spiro atoms. The number of nitrogens with zero attached hydrogens (tertiary/aromatic N) is 1. The summed E-state index contributed by atoms with van der Waals surface area (Å²) in [6.45, 7) is 3.61. The van der Waals surface area contributed by atoms with Crippen molar-refractivity contribution in [2.45, 2.75) is 12.7 Å². The number of non-ortho nitro benzene ring substituents is 1. The number of nitro benzene ring substituents is 1. The summed E-state index contributed by atoms with van der Waals surface area (Å²) in [6.07, 6.45) is 0. The van der Waals surface area contributed by atoms with Crippen LogP contribution in [-0.2, 0) is 15.8 Å². The van der Waals surface area contributed by atoms with E-state index in [-0.39, 0.29) is 23.8 Å². The zero-order valence-electron chi connectivity index (χ0n) is 11.0. The summed E-state index contributed by atoms with van der Waals surface area (Å²) in [5, 5.41) is 13.5. The highest BCUT2D eigenvalue weighted by atomic mass is 35.5. The fraction of sp³-hybridized carbons (Fsp3) is 0.455. The van der Waals surface area contributed by atoms with Crippen molar-refractivity contribution in [2.24, 2.45) is 0 Å². The van der Waals surface area contributed by atoms with E-state index >= 15 is 0 Å². The van der Waals surface area contributed by atoms with E-state index in [0.717, 1.165) is 6.54 Å². The molecule has 0 aliphatic rings. The molecule has 7 nitrogen and oxygen atoms in total. The van der Waals surface area contributed by atoms with Crippen LogP contribution in [0.4, 0.5) is 5.69 Å². The van der Waals surface area contributed by atoms with Crippen molar-refractivity contribution < 1.29 is 13.3 Å². The van der Waals surface area contributed by atoms with Crippen LogP contribution in [0.1, 0.15) is 12.5 Å². The molecule has 0 saturated carbocycles. The largest absolute Gasteiger partial charge is 0.316 e. The second-order valence-corrected chi connectivity index (χ2v) is 5.74. The van der Waals surface area contributed by atoms with Crippen LogP contribution in [0.15, 0.2) is 24.3 Å². The molecular weight excluding hydrogens is 306 g/mol. The van der Waals surface area contributed by atoms with Crippen LogP contribution in [0.5, 0.6) is 0 Å². The Kier molecular flexibility index (Phi) is 8.31. The van der Waals surface area contributed by atoms with Gasteiger partial charge in [-0.3, -0.25) is 10.1 Å². The Labute approximate surface area is 124 Å². The minimum atomic E-state index is -3.41. The number of hydrogen-bond donors (Lipinski definition) is 2. The number of hydrogen-bond acceptors (Lipinski definition) is 5. The van der Waals surface area contributed by atoms with Gasteiger partial charge in [-0.05, 0) is 12.1 Å². The first-order valence-electron chi connectivity index (χ1n) is 5.86. The topological polar surface area (TPSA) is 101 Å². The molecule has 114 valence electrons. The summed E-state index contributed by atoms with van der Waals surface area (Å²) >= 11 is 0. The van der Waals surface area contributed by atoms with Crippen molar-refractivity contribution in [3.8, 4) is 0 Å². The van der Waals surface area contributed by atoms with Crippen LogP contribution < -0.4 is 10.0 Å². The molecule has 0 saturated heterocycles. The molecule has 0 unspecified atom stereocenters. The van der Waals surface area contributed by atoms with E-state index in [1.54, 1.807) is 0 Å². The molecule has 0 aromatic heterocycles. The second-order valence-electron chi connectivity index (χ2n) is 3.93. The average molecular weight is 324 g/mol. The third-order valence-electron chi connectivity index (χ3n) is 2.38. The van der Waals surface area contributed by atoms with Gasteiger partial charge in [0.05, 0.1) is 10.7 Å². The number of benzene rings is 1. The van der Waals surface area contributed by atoms with Gasteiger partial charge in [0.25, 0.3) is 5.69 Å². The maximum Gasteiger partial charge on any atom is 0.269 e. The predicted octanol–water partition coefficient (Wildman–Crippen LogP) is 1.05. The van der Waals surface area contributed by atoms with E-state index in [1.807, 2.05) is 6.92 Å². The van der Waals surface area contributed by atoms with Crippen molar-refractivity contribution in [3.05, 3.63) is 39.9 Å². The summed E-state index contributed by atoms with van der Waals surface area (Å²) in [4.78, 5) is 9.95. The smallest absolute Gasteiger partial charge is 0.269 e. The van der Waals surface area contributed by atoms with E-state index in [1.165, 1.54) is 24.3 Å². The number of halogens is 1. The van der Waals surface area contributed by atoms with Crippen molar-refractivity contribution in [3.63, 3.8) is 0 Å². The Balaban J connectivity index is 0.00000361. The van der Waals surface area contributed by atoms with Crippen LogP contribution >= 0.6 is 12.4 Å². The van der Waals surface area contributed by atoms with Crippen LogP contribution in [0.2, 0.25) is 0 Å². The van der Waals surface area contributed by atoms with E-state index in [9.17, 15) is 18.5 Å². The molecule has 1 aromatic carbocycles. The lowest BCUT2D eigenvalue weighted by atomic mass is 10.2. The summed E-state index contributed by atoms with van der Waals surface area (Å²) in [7, 11) is -3.41. The van der Waals surface area contributed by atoms with Gasteiger partial charge in [-0.15, -0.1) is 12.4 Å². The molecule has 2 N–H and O–H groups in total. The summed E-state index contributed by atoms with van der Waals surface area (Å²) in [6, 6.07) is 5.48. The Morgan fingerprint density at radius 3 is 2.30 bits per heavy atom. The van der Waals surface area contributed by atoms with Crippen LogP contribution in [0, 0.1) is 10.1 Å². The summed E-state index contributed by atoms with van der Waals surface area (Å²) in [5.41, 5.74) is 0.461. The number of likely N-dealkylation sites (N-methyl/N-ethyl adjacent to an activating group) is 1. The minimum Gasteiger partial charge on any atom is -0.316 e. The van der Waals surface area contributed by atoms with Gasteiger partial charge in [0.15, 0.2) is 0 Å². The highest BCUT2D eigenvalue weighted by Gasteiger charge is 2.12. The number of nitro groups is 1. The van der Waals surface area contributed by atoms with Crippen molar-refractivity contribution >= 4 is 28.1 Å². The monoisotopic (exact) mass is 323 g/mol. The van der Waals surface area contributed by atoms with E-state index in [0.29, 0.717) is 18.7 Å². The molecule has 1 aromatic rings. The molecule has 0 fully saturated rings. The van der Waals surface area contributed by atoms with E-state index < -0.39 is 14.9 Å². The van der Waals surface area contributed by atoms with E-state index in [4.69, 9.17) is 0 Å². The Bertz CT molecular complexity index is 519. The van der Waals surface area contributed by atoms with Gasteiger partial charge in [0.2, 0.25) is 10.0 Å². The number of rotatable bonds is 8. The maximum absolute atomic E-state index is 11.7. The minimum absolute atomic E-state index is 0. The maximum atomic E-state index is 11.7. The summed E-state index contributed by atoms with van der Waals surface area (Å²) < 4.78 is 25.9. The highest BCUT2D eigenvalue weighted by Crippen LogP contribution is 2.13. The molecule has 0 aliphatic carbocycles. The molecular formula is C11H18ClN3O4S. The molecule has 0 amide bonds. The molecule has 20 heavy (non-hydrogen) atoms. The summed E-state index contributed by atoms with van der Waals surface area (Å²) in [5.74, 6) is -0.183. The lowest BCUT2D eigenvalue weighted by molar-refractivity contribution is -0.384.